The van der Waals surface area contributed by atoms with E-state index in [0.717, 1.165) is 5.56 Å². The van der Waals surface area contributed by atoms with Crippen molar-refractivity contribution in [2.45, 2.75) is 25.8 Å². The Morgan fingerprint density at radius 2 is 2.25 bits per heavy atom. The van der Waals surface area contributed by atoms with Crippen molar-refractivity contribution in [3.63, 3.8) is 0 Å². The number of rotatable bonds is 3. The molecule has 0 aromatic carbocycles. The van der Waals surface area contributed by atoms with Crippen molar-refractivity contribution < 1.29 is 14.7 Å². The largest absolute Gasteiger partial charge is 0.481 e. The van der Waals surface area contributed by atoms with E-state index in [1.165, 1.54) is 6.08 Å². The number of hydrogen-bond acceptors (Lipinski definition) is 3. The highest BCUT2D eigenvalue weighted by molar-refractivity contribution is 5.92. The van der Waals surface area contributed by atoms with Crippen molar-refractivity contribution in [3.8, 4) is 0 Å². The predicted molar refractivity (Wildman–Crippen MR) is 73.8 cm³/mol. The molecule has 6 heteroatoms. The van der Waals surface area contributed by atoms with Crippen LogP contribution in [0.3, 0.4) is 0 Å². The van der Waals surface area contributed by atoms with Crippen LogP contribution in [0.1, 0.15) is 25.3 Å². The third-order valence-corrected chi connectivity index (χ3v) is 3.65. The Kier molecular flexibility index (Phi) is 4.22. The maximum atomic E-state index is 12.1. The Hall–Kier alpha value is -2.11. The molecule has 20 heavy (non-hydrogen) atoms. The second-order valence-electron chi connectivity index (χ2n) is 5.22. The number of carbonyl (C=O) groups is 2. The van der Waals surface area contributed by atoms with E-state index in [0.29, 0.717) is 19.4 Å². The molecular weight excluding hydrogens is 258 g/mol. The first-order chi connectivity index (χ1) is 9.47. The first-order valence-corrected chi connectivity index (χ1v) is 6.67. The quantitative estimate of drug-likeness (QED) is 0.841. The fourth-order valence-electron chi connectivity index (χ4n) is 2.51. The molecule has 2 atom stereocenters. The lowest BCUT2D eigenvalue weighted by atomic mass is 9.91. The minimum Gasteiger partial charge on any atom is -0.481 e. The first-order valence-electron chi connectivity index (χ1n) is 6.67. The highest BCUT2D eigenvalue weighted by Gasteiger charge is 2.31. The molecule has 2 unspecified atom stereocenters. The Morgan fingerprint density at radius 1 is 1.50 bits per heavy atom. The van der Waals surface area contributed by atoms with Crippen LogP contribution in [0.15, 0.2) is 18.5 Å². The number of aromatic nitrogens is 2. The number of piperidine rings is 1. The van der Waals surface area contributed by atoms with Gasteiger partial charge in [-0.1, -0.05) is 0 Å². The van der Waals surface area contributed by atoms with E-state index in [-0.39, 0.29) is 17.9 Å². The molecule has 0 aliphatic carbocycles. The van der Waals surface area contributed by atoms with Gasteiger partial charge < -0.3 is 10.0 Å². The topological polar surface area (TPSA) is 75.4 Å². The van der Waals surface area contributed by atoms with Gasteiger partial charge in [0.2, 0.25) is 5.91 Å². The summed E-state index contributed by atoms with van der Waals surface area (Å²) in [5.74, 6) is -1.18. The summed E-state index contributed by atoms with van der Waals surface area (Å²) in [6.07, 6.45) is 7.79. The highest BCUT2D eigenvalue weighted by Crippen LogP contribution is 2.23. The zero-order valence-electron chi connectivity index (χ0n) is 11.7. The van der Waals surface area contributed by atoms with E-state index in [2.05, 4.69) is 5.10 Å². The number of carboxylic acids is 1. The van der Waals surface area contributed by atoms with Gasteiger partial charge >= 0.3 is 5.97 Å². The lowest BCUT2D eigenvalue weighted by molar-refractivity contribution is -0.146. The highest BCUT2D eigenvalue weighted by atomic mass is 16.4. The van der Waals surface area contributed by atoms with Crippen molar-refractivity contribution in [3.05, 3.63) is 24.0 Å². The molecule has 1 aliphatic rings. The maximum absolute atomic E-state index is 12.1. The van der Waals surface area contributed by atoms with Crippen LogP contribution in [0.25, 0.3) is 6.08 Å². The number of nitrogens with zero attached hydrogens (tertiary/aromatic N) is 3. The second kappa shape index (κ2) is 5.90. The van der Waals surface area contributed by atoms with E-state index in [1.54, 1.807) is 21.9 Å². The van der Waals surface area contributed by atoms with Gasteiger partial charge in [-0.2, -0.15) is 5.10 Å². The zero-order valence-corrected chi connectivity index (χ0v) is 11.7. The zero-order chi connectivity index (χ0) is 14.7. The van der Waals surface area contributed by atoms with E-state index in [9.17, 15) is 9.59 Å². The third kappa shape index (κ3) is 3.26. The van der Waals surface area contributed by atoms with E-state index >= 15 is 0 Å². The fourth-order valence-corrected chi connectivity index (χ4v) is 2.51. The summed E-state index contributed by atoms with van der Waals surface area (Å²) in [5, 5.41) is 13.0. The molecule has 108 valence electrons. The molecule has 1 aromatic heterocycles. The van der Waals surface area contributed by atoms with Crippen molar-refractivity contribution in [1.82, 2.24) is 14.7 Å². The van der Waals surface area contributed by atoms with Crippen molar-refractivity contribution in [2.24, 2.45) is 13.0 Å². The van der Waals surface area contributed by atoms with Crippen LogP contribution < -0.4 is 0 Å². The fraction of sp³-hybridized carbons (Fsp3) is 0.500. The SMILES string of the molecule is CC1CC(C(=O)O)CCN1C(=O)/C=C/c1cnn(C)c1. The Balaban J connectivity index is 1.96. The molecule has 0 saturated carbocycles. The van der Waals surface area contributed by atoms with Crippen LogP contribution in [-0.2, 0) is 16.6 Å². The van der Waals surface area contributed by atoms with Gasteiger partial charge in [0.1, 0.15) is 0 Å². The molecule has 0 spiro atoms. The van der Waals surface area contributed by atoms with Crippen LogP contribution in [0, 0.1) is 5.92 Å². The lowest BCUT2D eigenvalue weighted by Crippen LogP contribution is -2.45. The summed E-state index contributed by atoms with van der Waals surface area (Å²) in [6, 6.07) is -0.0455. The molecule has 1 aliphatic heterocycles. The number of aliphatic carboxylic acids is 1. The van der Waals surface area contributed by atoms with E-state index in [1.807, 2.05) is 20.2 Å². The van der Waals surface area contributed by atoms with Gasteiger partial charge in [-0.25, -0.2) is 0 Å². The average molecular weight is 277 g/mol. The Morgan fingerprint density at radius 3 is 2.80 bits per heavy atom. The standard InChI is InChI=1S/C14H19N3O3/c1-10-7-12(14(19)20)5-6-17(10)13(18)4-3-11-8-15-16(2)9-11/h3-4,8-10,12H,5-7H2,1-2H3,(H,19,20)/b4-3+. The van der Waals surface area contributed by atoms with Crippen LogP contribution in [-0.4, -0.2) is 44.3 Å². The van der Waals surface area contributed by atoms with Gasteiger partial charge in [-0.3, -0.25) is 14.3 Å². The van der Waals surface area contributed by atoms with Crippen molar-refractivity contribution in [2.75, 3.05) is 6.54 Å². The monoisotopic (exact) mass is 277 g/mol. The molecule has 1 saturated heterocycles. The lowest BCUT2D eigenvalue weighted by Gasteiger charge is -2.35. The van der Waals surface area contributed by atoms with Gasteiger partial charge in [0.15, 0.2) is 0 Å². The second-order valence-corrected chi connectivity index (χ2v) is 5.22. The first kappa shape index (κ1) is 14.3. The Bertz CT molecular complexity index is 536. The van der Waals surface area contributed by atoms with Crippen LogP contribution >= 0.6 is 0 Å². The van der Waals surface area contributed by atoms with Gasteiger partial charge in [0, 0.05) is 37.5 Å². The third-order valence-electron chi connectivity index (χ3n) is 3.65. The summed E-state index contributed by atoms with van der Waals surface area (Å²) < 4.78 is 1.67. The number of hydrogen-bond donors (Lipinski definition) is 1. The summed E-state index contributed by atoms with van der Waals surface area (Å²) in [6.45, 7) is 2.39. The van der Waals surface area contributed by atoms with Crippen LogP contribution in [0.5, 0.6) is 0 Å². The number of likely N-dealkylation sites (tertiary alicyclic amines) is 1. The number of amides is 1. The van der Waals surface area contributed by atoms with Crippen molar-refractivity contribution >= 4 is 18.0 Å². The molecule has 1 amide bonds. The molecule has 2 heterocycles. The van der Waals surface area contributed by atoms with Gasteiger partial charge in [0.25, 0.3) is 0 Å². The van der Waals surface area contributed by atoms with Gasteiger partial charge in [-0.15, -0.1) is 0 Å². The average Bonchev–Trinajstić information content (AvgIpc) is 2.81. The number of aryl methyl sites for hydroxylation is 1. The number of carboxylic acid groups (broad SMARTS) is 1. The molecule has 2 rings (SSSR count). The minimum absolute atomic E-state index is 0.0455. The minimum atomic E-state index is -0.769. The molecule has 0 radical (unpaired) electrons. The Labute approximate surface area is 117 Å². The smallest absolute Gasteiger partial charge is 0.306 e. The van der Waals surface area contributed by atoms with Crippen LogP contribution in [0.2, 0.25) is 0 Å². The molecular formula is C14H19N3O3. The molecule has 6 nitrogen and oxygen atoms in total. The summed E-state index contributed by atoms with van der Waals surface area (Å²) in [5.41, 5.74) is 0.869. The summed E-state index contributed by atoms with van der Waals surface area (Å²) in [4.78, 5) is 24.8. The van der Waals surface area contributed by atoms with Gasteiger partial charge in [-0.05, 0) is 25.8 Å². The molecule has 1 fully saturated rings. The maximum Gasteiger partial charge on any atom is 0.306 e. The predicted octanol–water partition coefficient (Wildman–Crippen LogP) is 1.14. The molecule has 0 bridgehead atoms. The normalized spacial score (nSPS) is 23.2. The van der Waals surface area contributed by atoms with E-state index < -0.39 is 5.97 Å². The summed E-state index contributed by atoms with van der Waals surface area (Å²) >= 11 is 0. The molecule has 1 N–H and O–H groups in total. The molecule has 1 aromatic rings. The summed E-state index contributed by atoms with van der Waals surface area (Å²) in [7, 11) is 1.82. The van der Waals surface area contributed by atoms with Crippen LogP contribution in [0.4, 0.5) is 0 Å². The van der Waals surface area contributed by atoms with E-state index in [4.69, 9.17) is 5.11 Å². The van der Waals surface area contributed by atoms with Gasteiger partial charge in [0.05, 0.1) is 12.1 Å². The number of carbonyl (C=O) groups excluding carboxylic acids is 1. The van der Waals surface area contributed by atoms with Crippen molar-refractivity contribution in [1.29, 1.82) is 0 Å².